The summed E-state index contributed by atoms with van der Waals surface area (Å²) in [4.78, 5) is 16.2. The van der Waals surface area contributed by atoms with Gasteiger partial charge >= 0.3 is 0 Å². The number of hydrogen-bond donors (Lipinski definition) is 0. The van der Waals surface area contributed by atoms with E-state index in [1.165, 1.54) is 11.3 Å². The highest BCUT2D eigenvalue weighted by Crippen LogP contribution is 2.20. The van der Waals surface area contributed by atoms with Gasteiger partial charge in [-0.15, -0.1) is 0 Å². The van der Waals surface area contributed by atoms with Crippen LogP contribution in [0.5, 0.6) is 0 Å². The van der Waals surface area contributed by atoms with Gasteiger partial charge in [0.2, 0.25) is 5.91 Å². The normalized spacial score (nSPS) is 15.8. The summed E-state index contributed by atoms with van der Waals surface area (Å²) in [6.07, 6.45) is 0.104. The first kappa shape index (κ1) is 14.9. The SMILES string of the molecule is Cc1ccccc1N1CCN(C(=O)COC(C)C)CC1. The van der Waals surface area contributed by atoms with Crippen LogP contribution >= 0.6 is 0 Å². The van der Waals surface area contributed by atoms with Gasteiger partial charge in [-0.1, -0.05) is 18.2 Å². The molecule has 0 atom stereocenters. The topological polar surface area (TPSA) is 32.8 Å². The Morgan fingerprint density at radius 3 is 2.45 bits per heavy atom. The summed E-state index contributed by atoms with van der Waals surface area (Å²) in [5.74, 6) is 0.100. The first-order valence-corrected chi connectivity index (χ1v) is 7.28. The van der Waals surface area contributed by atoms with Crippen LogP contribution in [0.2, 0.25) is 0 Å². The highest BCUT2D eigenvalue weighted by molar-refractivity contribution is 5.77. The Labute approximate surface area is 121 Å². The molecule has 0 aliphatic carbocycles. The molecule has 4 heteroatoms. The number of hydrogen-bond acceptors (Lipinski definition) is 3. The van der Waals surface area contributed by atoms with Crippen LogP contribution in [-0.4, -0.2) is 49.7 Å². The van der Waals surface area contributed by atoms with E-state index in [9.17, 15) is 4.79 Å². The summed E-state index contributed by atoms with van der Waals surface area (Å²) >= 11 is 0. The van der Waals surface area contributed by atoms with E-state index in [0.717, 1.165) is 26.2 Å². The highest BCUT2D eigenvalue weighted by atomic mass is 16.5. The predicted molar refractivity (Wildman–Crippen MR) is 81.1 cm³/mol. The van der Waals surface area contributed by atoms with E-state index in [1.807, 2.05) is 18.7 Å². The van der Waals surface area contributed by atoms with Gasteiger partial charge in [-0.3, -0.25) is 4.79 Å². The monoisotopic (exact) mass is 276 g/mol. The third-order valence-electron chi connectivity index (χ3n) is 3.63. The van der Waals surface area contributed by atoms with Crippen LogP contribution in [0.1, 0.15) is 19.4 Å². The molecule has 0 unspecified atom stereocenters. The minimum atomic E-state index is 0.100. The standard InChI is InChI=1S/C16H24N2O2/c1-13(2)20-12-16(19)18-10-8-17(9-11-18)15-7-5-4-6-14(15)3/h4-7,13H,8-12H2,1-3H3. The third-order valence-corrected chi connectivity index (χ3v) is 3.63. The largest absolute Gasteiger partial charge is 0.369 e. The lowest BCUT2D eigenvalue weighted by Crippen LogP contribution is -2.50. The number of benzene rings is 1. The Kier molecular flexibility index (Phi) is 5.01. The second-order valence-corrected chi connectivity index (χ2v) is 5.51. The maximum absolute atomic E-state index is 12.0. The number of rotatable bonds is 4. The van der Waals surface area contributed by atoms with Gasteiger partial charge in [0.25, 0.3) is 0 Å². The molecule has 0 aromatic heterocycles. The summed E-state index contributed by atoms with van der Waals surface area (Å²) in [7, 11) is 0. The molecule has 0 spiro atoms. The number of carbonyl (C=O) groups is 1. The Morgan fingerprint density at radius 1 is 1.20 bits per heavy atom. The zero-order valence-electron chi connectivity index (χ0n) is 12.6. The maximum Gasteiger partial charge on any atom is 0.248 e. The lowest BCUT2D eigenvalue weighted by molar-refractivity contribution is -0.137. The Morgan fingerprint density at radius 2 is 1.85 bits per heavy atom. The van der Waals surface area contributed by atoms with Crippen molar-refractivity contribution >= 4 is 11.6 Å². The second-order valence-electron chi connectivity index (χ2n) is 5.51. The van der Waals surface area contributed by atoms with Crippen molar-refractivity contribution in [2.24, 2.45) is 0 Å². The summed E-state index contributed by atoms with van der Waals surface area (Å²) in [5, 5.41) is 0. The van der Waals surface area contributed by atoms with Crippen LogP contribution in [-0.2, 0) is 9.53 Å². The zero-order valence-corrected chi connectivity index (χ0v) is 12.6. The van der Waals surface area contributed by atoms with Gasteiger partial charge in [-0.25, -0.2) is 0 Å². The Bertz CT molecular complexity index is 452. The average molecular weight is 276 g/mol. The molecule has 20 heavy (non-hydrogen) atoms. The molecular weight excluding hydrogens is 252 g/mol. The fourth-order valence-corrected chi connectivity index (χ4v) is 2.44. The van der Waals surface area contributed by atoms with Crippen molar-refractivity contribution in [3.63, 3.8) is 0 Å². The first-order chi connectivity index (χ1) is 9.58. The molecule has 4 nitrogen and oxygen atoms in total. The molecule has 1 aliphatic heterocycles. The molecule has 1 heterocycles. The number of nitrogens with zero attached hydrogens (tertiary/aromatic N) is 2. The lowest BCUT2D eigenvalue weighted by atomic mass is 10.1. The minimum Gasteiger partial charge on any atom is -0.369 e. The molecule has 0 N–H and O–H groups in total. The van der Waals surface area contributed by atoms with Crippen LogP contribution in [0.3, 0.4) is 0 Å². The van der Waals surface area contributed by atoms with Crippen LogP contribution in [0.15, 0.2) is 24.3 Å². The number of para-hydroxylation sites is 1. The van der Waals surface area contributed by atoms with Gasteiger partial charge in [-0.05, 0) is 32.4 Å². The summed E-state index contributed by atoms with van der Waals surface area (Å²) in [5.41, 5.74) is 2.56. The molecular formula is C16H24N2O2. The van der Waals surface area contributed by atoms with Gasteiger partial charge < -0.3 is 14.5 Å². The van der Waals surface area contributed by atoms with Crippen molar-refractivity contribution in [2.45, 2.75) is 26.9 Å². The molecule has 2 rings (SSSR count). The number of carbonyl (C=O) groups excluding carboxylic acids is 1. The Hall–Kier alpha value is -1.55. The minimum absolute atomic E-state index is 0.100. The lowest BCUT2D eigenvalue weighted by Gasteiger charge is -2.36. The first-order valence-electron chi connectivity index (χ1n) is 7.28. The van der Waals surface area contributed by atoms with Crippen molar-refractivity contribution in [2.75, 3.05) is 37.7 Å². The third kappa shape index (κ3) is 3.73. The smallest absolute Gasteiger partial charge is 0.248 e. The van der Waals surface area contributed by atoms with E-state index >= 15 is 0 Å². The van der Waals surface area contributed by atoms with Gasteiger partial charge in [0, 0.05) is 31.9 Å². The van der Waals surface area contributed by atoms with E-state index in [-0.39, 0.29) is 18.6 Å². The van der Waals surface area contributed by atoms with E-state index < -0.39 is 0 Å². The quantitative estimate of drug-likeness (QED) is 0.844. The Balaban J connectivity index is 1.86. The molecule has 1 fully saturated rings. The van der Waals surface area contributed by atoms with Gasteiger partial charge in [0.05, 0.1) is 6.10 Å². The molecule has 1 amide bonds. The fraction of sp³-hybridized carbons (Fsp3) is 0.562. The number of amides is 1. The van der Waals surface area contributed by atoms with Crippen molar-refractivity contribution in [1.29, 1.82) is 0 Å². The zero-order chi connectivity index (χ0) is 14.5. The van der Waals surface area contributed by atoms with Crippen molar-refractivity contribution in [3.05, 3.63) is 29.8 Å². The predicted octanol–water partition coefficient (Wildman–Crippen LogP) is 2.07. The molecule has 1 aromatic rings. The summed E-state index contributed by atoms with van der Waals surface area (Å²) in [6.45, 7) is 9.54. The van der Waals surface area contributed by atoms with Crippen LogP contribution in [0.25, 0.3) is 0 Å². The van der Waals surface area contributed by atoms with Crippen molar-refractivity contribution < 1.29 is 9.53 Å². The molecule has 0 bridgehead atoms. The van der Waals surface area contributed by atoms with E-state index in [0.29, 0.717) is 0 Å². The van der Waals surface area contributed by atoms with Crippen LogP contribution < -0.4 is 4.90 Å². The van der Waals surface area contributed by atoms with E-state index in [1.54, 1.807) is 0 Å². The van der Waals surface area contributed by atoms with E-state index in [4.69, 9.17) is 4.74 Å². The number of ether oxygens (including phenoxy) is 1. The number of piperazine rings is 1. The number of anilines is 1. The van der Waals surface area contributed by atoms with Crippen LogP contribution in [0, 0.1) is 6.92 Å². The van der Waals surface area contributed by atoms with Gasteiger partial charge in [0.15, 0.2) is 0 Å². The summed E-state index contributed by atoms with van der Waals surface area (Å²) < 4.78 is 5.38. The molecule has 0 radical (unpaired) electrons. The maximum atomic E-state index is 12.0. The molecule has 1 aromatic carbocycles. The number of aryl methyl sites for hydroxylation is 1. The molecule has 1 saturated heterocycles. The van der Waals surface area contributed by atoms with Gasteiger partial charge in [-0.2, -0.15) is 0 Å². The molecule has 1 aliphatic rings. The van der Waals surface area contributed by atoms with E-state index in [2.05, 4.69) is 36.1 Å². The fourth-order valence-electron chi connectivity index (χ4n) is 2.44. The molecule has 0 saturated carbocycles. The summed E-state index contributed by atoms with van der Waals surface area (Å²) in [6, 6.07) is 8.40. The van der Waals surface area contributed by atoms with Crippen molar-refractivity contribution in [3.8, 4) is 0 Å². The van der Waals surface area contributed by atoms with Crippen molar-refractivity contribution in [1.82, 2.24) is 4.90 Å². The highest BCUT2D eigenvalue weighted by Gasteiger charge is 2.22. The second kappa shape index (κ2) is 6.75. The molecule has 110 valence electrons. The average Bonchev–Trinajstić information content (AvgIpc) is 2.45. The van der Waals surface area contributed by atoms with Crippen LogP contribution in [0.4, 0.5) is 5.69 Å². The van der Waals surface area contributed by atoms with Gasteiger partial charge in [0.1, 0.15) is 6.61 Å².